The summed E-state index contributed by atoms with van der Waals surface area (Å²) in [7, 11) is 1.58. The average molecular weight is 478 g/mol. The molecule has 2 fully saturated rings. The fourth-order valence-electron chi connectivity index (χ4n) is 7.86. The molecule has 0 aliphatic heterocycles. The van der Waals surface area contributed by atoms with Crippen molar-refractivity contribution in [2.75, 3.05) is 12.4 Å². The van der Waals surface area contributed by atoms with E-state index in [9.17, 15) is 14.4 Å². The molecule has 1 aromatic rings. The molecule has 1 amide bonds. The Kier molecular flexibility index (Phi) is 5.89. The van der Waals surface area contributed by atoms with Gasteiger partial charge in [-0.15, -0.1) is 0 Å². The largest absolute Gasteiger partial charge is 0.497 e. The summed E-state index contributed by atoms with van der Waals surface area (Å²) in [6.45, 7) is 6.14. The van der Waals surface area contributed by atoms with Gasteiger partial charge >= 0.3 is 6.09 Å². The van der Waals surface area contributed by atoms with Crippen molar-refractivity contribution >= 4 is 23.3 Å². The van der Waals surface area contributed by atoms with Crippen LogP contribution in [-0.2, 0) is 14.3 Å². The maximum absolute atomic E-state index is 13.2. The normalized spacial score (nSPS) is 37.4. The van der Waals surface area contributed by atoms with E-state index in [1.54, 1.807) is 32.2 Å². The van der Waals surface area contributed by atoms with Crippen LogP contribution in [0.15, 0.2) is 48.1 Å². The van der Waals surface area contributed by atoms with E-state index in [1.165, 1.54) is 0 Å². The molecule has 1 N–H and O–H groups in total. The van der Waals surface area contributed by atoms with Gasteiger partial charge < -0.3 is 9.47 Å². The highest BCUT2D eigenvalue weighted by Crippen LogP contribution is 2.65. The number of nitrogens with one attached hydrogen (secondary N) is 1. The van der Waals surface area contributed by atoms with Crippen LogP contribution in [-0.4, -0.2) is 30.9 Å². The highest BCUT2D eigenvalue weighted by molar-refractivity contribution is 5.92. The topological polar surface area (TPSA) is 81.7 Å². The fourth-order valence-corrected chi connectivity index (χ4v) is 7.86. The lowest BCUT2D eigenvalue weighted by molar-refractivity contribution is -0.134. The number of hydrogen-bond donors (Lipinski definition) is 1. The van der Waals surface area contributed by atoms with Gasteiger partial charge in [-0.2, -0.15) is 0 Å². The Morgan fingerprint density at radius 1 is 1.17 bits per heavy atom. The summed E-state index contributed by atoms with van der Waals surface area (Å²) >= 11 is 0. The van der Waals surface area contributed by atoms with Crippen molar-refractivity contribution in [2.24, 2.45) is 34.5 Å². The minimum absolute atomic E-state index is 0.0212. The zero-order valence-corrected chi connectivity index (χ0v) is 21.0. The summed E-state index contributed by atoms with van der Waals surface area (Å²) in [6, 6.07) is 7.18. The Bertz CT molecular complexity index is 1120. The van der Waals surface area contributed by atoms with Gasteiger partial charge in [0.1, 0.15) is 17.6 Å². The van der Waals surface area contributed by atoms with Gasteiger partial charge in [-0.05, 0) is 79.1 Å². The number of hydrogen-bond acceptors (Lipinski definition) is 5. The van der Waals surface area contributed by atoms with Gasteiger partial charge in [-0.3, -0.25) is 14.9 Å². The smallest absolute Gasteiger partial charge is 0.411 e. The monoisotopic (exact) mass is 477 g/mol. The third kappa shape index (κ3) is 3.91. The van der Waals surface area contributed by atoms with Crippen molar-refractivity contribution in [3.63, 3.8) is 0 Å². The molecule has 0 aromatic heterocycles. The van der Waals surface area contributed by atoms with Crippen molar-refractivity contribution in [1.82, 2.24) is 0 Å². The Morgan fingerprint density at radius 3 is 2.71 bits per heavy atom. The highest BCUT2D eigenvalue weighted by atomic mass is 16.6. The molecule has 5 rings (SSSR count). The Hall–Kier alpha value is -2.89. The number of carbonyl (C=O) groups excluding carboxylic acids is 3. The first-order valence-electron chi connectivity index (χ1n) is 12.7. The van der Waals surface area contributed by atoms with Gasteiger partial charge in [0.2, 0.25) is 0 Å². The maximum atomic E-state index is 13.2. The summed E-state index contributed by atoms with van der Waals surface area (Å²) in [6.07, 6.45) is 9.07. The third-order valence-corrected chi connectivity index (χ3v) is 9.50. The molecule has 0 unspecified atom stereocenters. The lowest BCUT2D eigenvalue weighted by atomic mass is 9.47. The number of ether oxygens (including phenoxy) is 2. The second-order valence-electron chi connectivity index (χ2n) is 11.3. The number of allylic oxidation sites excluding steroid dienone is 4. The van der Waals surface area contributed by atoms with Gasteiger partial charge in [-0.25, -0.2) is 4.79 Å². The molecule has 0 saturated heterocycles. The molecule has 4 aliphatic rings. The highest BCUT2D eigenvalue weighted by Gasteiger charge is 2.63. The molecular formula is C29H35NO5. The summed E-state index contributed by atoms with van der Waals surface area (Å²) in [5.74, 6) is 1.63. The quantitative estimate of drug-likeness (QED) is 0.598. The number of carbonyl (C=O) groups is 3. The predicted octanol–water partition coefficient (Wildman–Crippen LogP) is 5.74. The van der Waals surface area contributed by atoms with Crippen molar-refractivity contribution in [2.45, 2.75) is 59.0 Å². The van der Waals surface area contributed by atoms with E-state index in [4.69, 9.17) is 9.47 Å². The molecular weight excluding hydrogens is 442 g/mol. The van der Waals surface area contributed by atoms with Crippen LogP contribution in [0.2, 0.25) is 0 Å². The first-order chi connectivity index (χ1) is 16.7. The molecule has 0 heterocycles. The van der Waals surface area contributed by atoms with Crippen LogP contribution >= 0.6 is 0 Å². The van der Waals surface area contributed by atoms with Gasteiger partial charge in [0.25, 0.3) is 0 Å². The van der Waals surface area contributed by atoms with Crippen LogP contribution in [0.3, 0.4) is 0 Å². The zero-order valence-electron chi connectivity index (χ0n) is 21.0. The SMILES string of the molecule is COc1cccc(NC(=O)O[C@H]2C[C@]3(C)[C@@H](C(C)=O)CC[C@H]3[C@@H]3C=CC4=CC(=O)CC[C@@]4(C)[C@@H]32)c1. The van der Waals surface area contributed by atoms with E-state index in [0.717, 1.165) is 24.8 Å². The van der Waals surface area contributed by atoms with Crippen molar-refractivity contribution in [3.8, 4) is 5.75 Å². The van der Waals surface area contributed by atoms with E-state index in [1.807, 2.05) is 12.1 Å². The van der Waals surface area contributed by atoms with Crippen molar-refractivity contribution in [1.29, 1.82) is 0 Å². The average Bonchev–Trinajstić information content (AvgIpc) is 3.16. The summed E-state index contributed by atoms with van der Waals surface area (Å²) in [5.41, 5.74) is 1.18. The fraction of sp³-hybridized carbons (Fsp3) is 0.552. The first kappa shape index (κ1) is 23.8. The number of anilines is 1. The Balaban J connectivity index is 1.49. The number of rotatable bonds is 4. The lowest BCUT2D eigenvalue weighted by Gasteiger charge is -2.58. The molecule has 6 nitrogen and oxygen atoms in total. The molecule has 0 radical (unpaired) electrons. The number of amides is 1. The van der Waals surface area contributed by atoms with Crippen molar-refractivity contribution < 1.29 is 23.9 Å². The van der Waals surface area contributed by atoms with Crippen molar-refractivity contribution in [3.05, 3.63) is 48.1 Å². The van der Waals surface area contributed by atoms with E-state index >= 15 is 0 Å². The van der Waals surface area contributed by atoms with E-state index in [2.05, 4.69) is 31.3 Å². The standard InChI is InChI=1S/C29H35NO5/c1-17(31)23-10-11-24-22-9-8-18-14-20(32)12-13-28(18,2)26(22)25(16-29(23,24)3)35-27(33)30-19-6-5-7-21(15-19)34-4/h5-9,14-15,22-26H,10-13,16H2,1-4H3,(H,30,33)/t22-,23+,24-,25-,26-,28+,29+/m0/s1. The molecule has 7 atom stereocenters. The first-order valence-corrected chi connectivity index (χ1v) is 12.7. The van der Waals surface area contributed by atoms with Crippen LogP contribution in [0.4, 0.5) is 10.5 Å². The van der Waals surface area contributed by atoms with Crippen LogP contribution < -0.4 is 10.1 Å². The minimum Gasteiger partial charge on any atom is -0.497 e. The molecule has 0 spiro atoms. The lowest BCUT2D eigenvalue weighted by Crippen LogP contribution is -2.57. The maximum Gasteiger partial charge on any atom is 0.411 e. The minimum atomic E-state index is -0.503. The molecule has 35 heavy (non-hydrogen) atoms. The summed E-state index contributed by atoms with van der Waals surface area (Å²) in [5, 5.41) is 2.86. The number of methoxy groups -OCH3 is 1. The summed E-state index contributed by atoms with van der Waals surface area (Å²) < 4.78 is 11.5. The van der Waals surface area contributed by atoms with E-state index in [0.29, 0.717) is 30.2 Å². The van der Waals surface area contributed by atoms with Gasteiger partial charge in [0.05, 0.1) is 7.11 Å². The number of Topliss-reactive ketones (excluding diaryl/α,β-unsaturated/α-hetero) is 1. The number of fused-ring (bicyclic) bond motifs is 5. The molecule has 2 saturated carbocycles. The Labute approximate surface area is 207 Å². The van der Waals surface area contributed by atoms with Crippen LogP contribution in [0.25, 0.3) is 0 Å². The molecule has 1 aromatic carbocycles. The van der Waals surface area contributed by atoms with Crippen LogP contribution in [0.5, 0.6) is 5.75 Å². The molecule has 0 bridgehead atoms. The van der Waals surface area contributed by atoms with Crippen LogP contribution in [0.1, 0.15) is 52.9 Å². The van der Waals surface area contributed by atoms with E-state index < -0.39 is 6.09 Å². The second kappa shape index (κ2) is 8.65. The molecule has 6 heteroatoms. The van der Waals surface area contributed by atoms with Crippen LogP contribution in [0, 0.1) is 34.5 Å². The van der Waals surface area contributed by atoms with Gasteiger partial charge in [0, 0.05) is 30.0 Å². The molecule has 4 aliphatic carbocycles. The molecule has 186 valence electrons. The Morgan fingerprint density at radius 2 is 1.97 bits per heavy atom. The predicted molar refractivity (Wildman–Crippen MR) is 133 cm³/mol. The summed E-state index contributed by atoms with van der Waals surface area (Å²) in [4.78, 5) is 38.0. The third-order valence-electron chi connectivity index (χ3n) is 9.50. The number of benzene rings is 1. The van der Waals surface area contributed by atoms with E-state index in [-0.39, 0.29) is 46.3 Å². The number of ketones is 2. The second-order valence-corrected chi connectivity index (χ2v) is 11.3. The van der Waals surface area contributed by atoms with Gasteiger partial charge in [-0.1, -0.05) is 32.1 Å². The zero-order chi connectivity index (χ0) is 25.0. The van der Waals surface area contributed by atoms with Gasteiger partial charge in [0.15, 0.2) is 5.78 Å².